The fourth-order valence-corrected chi connectivity index (χ4v) is 1.80. The lowest BCUT2D eigenvalue weighted by Gasteiger charge is -2.11. The minimum atomic E-state index is 0.251. The van der Waals surface area contributed by atoms with E-state index >= 15 is 0 Å². The molecule has 0 bridgehead atoms. The highest BCUT2D eigenvalue weighted by atomic mass is 35.5. The van der Waals surface area contributed by atoms with Crippen LogP contribution in [0.1, 0.15) is 31.2 Å². The van der Waals surface area contributed by atoms with Crippen molar-refractivity contribution in [3.8, 4) is 0 Å². The Morgan fingerprint density at radius 1 is 1.17 bits per heavy atom. The lowest BCUT2D eigenvalue weighted by atomic mass is 10.2. The average Bonchev–Trinajstić information content (AvgIpc) is 2.31. The second-order valence-corrected chi connectivity index (χ2v) is 4.92. The molecule has 2 aromatic rings. The molecule has 0 atom stereocenters. The number of anilines is 2. The smallest absolute Gasteiger partial charge is 0.135 e. The second kappa shape index (κ2) is 5.36. The van der Waals surface area contributed by atoms with Crippen molar-refractivity contribution in [3.05, 3.63) is 46.9 Å². The van der Waals surface area contributed by atoms with Crippen LogP contribution in [0, 0.1) is 6.92 Å². The average molecular weight is 262 g/mol. The molecule has 1 heterocycles. The number of aromatic nitrogens is 2. The van der Waals surface area contributed by atoms with Crippen LogP contribution < -0.4 is 5.32 Å². The summed E-state index contributed by atoms with van der Waals surface area (Å²) in [7, 11) is 0. The third-order valence-electron chi connectivity index (χ3n) is 2.64. The number of nitrogens with zero attached hydrogens (tertiary/aromatic N) is 2. The van der Waals surface area contributed by atoms with Crippen molar-refractivity contribution in [2.45, 2.75) is 26.7 Å². The summed E-state index contributed by atoms with van der Waals surface area (Å²) in [5.74, 6) is 1.73. The van der Waals surface area contributed by atoms with Crippen molar-refractivity contribution in [1.29, 1.82) is 0 Å². The van der Waals surface area contributed by atoms with Gasteiger partial charge < -0.3 is 5.32 Å². The Balaban J connectivity index is 2.32. The molecule has 2 rings (SSSR count). The van der Waals surface area contributed by atoms with Gasteiger partial charge >= 0.3 is 0 Å². The van der Waals surface area contributed by atoms with Crippen LogP contribution in [0.25, 0.3) is 0 Å². The minimum Gasteiger partial charge on any atom is -0.340 e. The summed E-state index contributed by atoms with van der Waals surface area (Å²) in [6, 6.07) is 9.79. The van der Waals surface area contributed by atoms with Gasteiger partial charge in [0.1, 0.15) is 16.8 Å². The number of benzene rings is 1. The van der Waals surface area contributed by atoms with E-state index in [0.29, 0.717) is 5.15 Å². The molecule has 94 valence electrons. The number of para-hydroxylation sites is 1. The molecule has 0 spiro atoms. The van der Waals surface area contributed by atoms with Gasteiger partial charge in [-0.25, -0.2) is 9.97 Å². The van der Waals surface area contributed by atoms with Gasteiger partial charge in [0.05, 0.1) is 0 Å². The predicted molar refractivity (Wildman–Crippen MR) is 75.6 cm³/mol. The van der Waals surface area contributed by atoms with E-state index in [1.165, 1.54) is 5.56 Å². The lowest BCUT2D eigenvalue weighted by Crippen LogP contribution is -2.02. The van der Waals surface area contributed by atoms with Crippen LogP contribution in [0.2, 0.25) is 5.15 Å². The molecule has 1 aromatic carbocycles. The first-order chi connectivity index (χ1) is 8.56. The first-order valence-corrected chi connectivity index (χ1v) is 6.31. The number of hydrogen-bond donors (Lipinski definition) is 1. The van der Waals surface area contributed by atoms with E-state index in [0.717, 1.165) is 17.3 Å². The van der Waals surface area contributed by atoms with Gasteiger partial charge in [-0.05, 0) is 18.6 Å². The van der Waals surface area contributed by atoms with Gasteiger partial charge in [0.15, 0.2) is 0 Å². The summed E-state index contributed by atoms with van der Waals surface area (Å²) in [6.07, 6.45) is 0. The van der Waals surface area contributed by atoms with Gasteiger partial charge in [0.2, 0.25) is 0 Å². The Bertz CT molecular complexity index is 552. The number of nitrogens with one attached hydrogen (secondary N) is 1. The third-order valence-corrected chi connectivity index (χ3v) is 2.83. The molecule has 0 aliphatic carbocycles. The van der Waals surface area contributed by atoms with E-state index < -0.39 is 0 Å². The second-order valence-electron chi connectivity index (χ2n) is 4.53. The first-order valence-electron chi connectivity index (χ1n) is 5.93. The Hall–Kier alpha value is -1.61. The molecular weight excluding hydrogens is 246 g/mol. The molecule has 0 amide bonds. The van der Waals surface area contributed by atoms with Crippen LogP contribution in [-0.2, 0) is 0 Å². The quantitative estimate of drug-likeness (QED) is 0.837. The van der Waals surface area contributed by atoms with Crippen LogP contribution in [0.3, 0.4) is 0 Å². The SMILES string of the molecule is Cc1ccccc1Nc1cc(Cl)nc(C(C)C)n1. The maximum Gasteiger partial charge on any atom is 0.135 e. The van der Waals surface area contributed by atoms with Gasteiger partial charge in [-0.2, -0.15) is 0 Å². The van der Waals surface area contributed by atoms with Crippen molar-refractivity contribution in [2.75, 3.05) is 5.32 Å². The highest BCUT2D eigenvalue weighted by Crippen LogP contribution is 2.22. The Labute approximate surface area is 112 Å². The van der Waals surface area contributed by atoms with Crippen molar-refractivity contribution in [1.82, 2.24) is 9.97 Å². The van der Waals surface area contributed by atoms with Crippen LogP contribution in [0.4, 0.5) is 11.5 Å². The Morgan fingerprint density at radius 2 is 1.89 bits per heavy atom. The Morgan fingerprint density at radius 3 is 2.56 bits per heavy atom. The molecule has 3 nitrogen and oxygen atoms in total. The first kappa shape index (κ1) is 12.8. The van der Waals surface area contributed by atoms with Crippen LogP contribution >= 0.6 is 11.6 Å². The molecule has 0 radical (unpaired) electrons. The molecular formula is C14H16ClN3. The summed E-state index contributed by atoms with van der Waals surface area (Å²) in [5, 5.41) is 3.74. The van der Waals surface area contributed by atoms with Crippen LogP contribution in [0.15, 0.2) is 30.3 Å². The van der Waals surface area contributed by atoms with E-state index in [1.54, 1.807) is 6.07 Å². The molecule has 1 N–H and O–H groups in total. The summed E-state index contributed by atoms with van der Waals surface area (Å²) in [6.45, 7) is 6.14. The zero-order valence-electron chi connectivity index (χ0n) is 10.7. The van der Waals surface area contributed by atoms with Crippen LogP contribution in [0.5, 0.6) is 0 Å². The fourth-order valence-electron chi connectivity index (χ4n) is 1.61. The third kappa shape index (κ3) is 2.99. The number of rotatable bonds is 3. The van der Waals surface area contributed by atoms with Gasteiger partial charge in [-0.1, -0.05) is 43.6 Å². The maximum atomic E-state index is 6.01. The normalized spacial score (nSPS) is 10.7. The van der Waals surface area contributed by atoms with Crippen molar-refractivity contribution in [2.24, 2.45) is 0 Å². The Kier molecular flexibility index (Phi) is 3.82. The van der Waals surface area contributed by atoms with Crippen molar-refractivity contribution < 1.29 is 0 Å². The standard InChI is InChI=1S/C14H16ClN3/c1-9(2)14-17-12(15)8-13(18-14)16-11-7-5-4-6-10(11)3/h4-9H,1-3H3,(H,16,17,18). The highest BCUT2D eigenvalue weighted by molar-refractivity contribution is 6.29. The van der Waals surface area contributed by atoms with E-state index in [9.17, 15) is 0 Å². The topological polar surface area (TPSA) is 37.8 Å². The molecule has 0 aliphatic rings. The molecule has 0 unspecified atom stereocenters. The molecule has 4 heteroatoms. The molecule has 18 heavy (non-hydrogen) atoms. The fraction of sp³-hybridized carbons (Fsp3) is 0.286. The van der Waals surface area contributed by atoms with E-state index in [2.05, 4.69) is 28.3 Å². The van der Waals surface area contributed by atoms with Crippen LogP contribution in [-0.4, -0.2) is 9.97 Å². The zero-order chi connectivity index (χ0) is 13.1. The summed E-state index contributed by atoms with van der Waals surface area (Å²) < 4.78 is 0. The largest absolute Gasteiger partial charge is 0.340 e. The maximum absolute atomic E-state index is 6.01. The molecule has 0 saturated heterocycles. The van der Waals surface area contributed by atoms with Crippen molar-refractivity contribution in [3.63, 3.8) is 0 Å². The molecule has 0 fully saturated rings. The predicted octanol–water partition coefficient (Wildman–Crippen LogP) is 4.31. The van der Waals surface area contributed by atoms with Gasteiger partial charge in [-0.15, -0.1) is 0 Å². The number of aryl methyl sites for hydroxylation is 1. The van der Waals surface area contributed by atoms with Gasteiger partial charge in [0.25, 0.3) is 0 Å². The minimum absolute atomic E-state index is 0.251. The molecule has 0 aliphatic heterocycles. The van der Waals surface area contributed by atoms with Gasteiger partial charge in [0, 0.05) is 17.7 Å². The van der Waals surface area contributed by atoms with Gasteiger partial charge in [-0.3, -0.25) is 0 Å². The molecule has 0 saturated carbocycles. The van der Waals surface area contributed by atoms with E-state index in [4.69, 9.17) is 11.6 Å². The lowest BCUT2D eigenvalue weighted by molar-refractivity contribution is 0.776. The zero-order valence-corrected chi connectivity index (χ0v) is 11.5. The summed E-state index contributed by atoms with van der Waals surface area (Å²) in [4.78, 5) is 8.67. The van der Waals surface area contributed by atoms with E-state index in [-0.39, 0.29) is 5.92 Å². The van der Waals surface area contributed by atoms with Crippen molar-refractivity contribution >= 4 is 23.1 Å². The highest BCUT2D eigenvalue weighted by Gasteiger charge is 2.07. The summed E-state index contributed by atoms with van der Waals surface area (Å²) >= 11 is 6.01. The molecule has 1 aromatic heterocycles. The summed E-state index contributed by atoms with van der Waals surface area (Å²) in [5.41, 5.74) is 2.19. The van der Waals surface area contributed by atoms with E-state index in [1.807, 2.05) is 32.0 Å². The monoisotopic (exact) mass is 261 g/mol. The number of hydrogen-bond acceptors (Lipinski definition) is 3. The number of halogens is 1.